The summed E-state index contributed by atoms with van der Waals surface area (Å²) < 4.78 is 5.42. The van der Waals surface area contributed by atoms with Crippen molar-refractivity contribution in [3.05, 3.63) is 89.1 Å². The lowest BCUT2D eigenvalue weighted by atomic mass is 9.86. The molecule has 1 aromatic heterocycles. The SMILES string of the molecule is COc1cc(/C(=C2/C(C)=Nc3ccccc32)c2c(C)[nH]c3ccccc23)ccc1O. The van der Waals surface area contributed by atoms with Gasteiger partial charge in [0.05, 0.1) is 12.8 Å². The molecule has 2 heterocycles. The van der Waals surface area contributed by atoms with Crippen LogP contribution < -0.4 is 4.74 Å². The zero-order valence-electron chi connectivity index (χ0n) is 17.2. The first-order valence-electron chi connectivity index (χ1n) is 9.93. The number of hydrogen-bond donors (Lipinski definition) is 2. The Morgan fingerprint density at radius 1 is 0.967 bits per heavy atom. The molecule has 0 saturated carbocycles. The molecule has 4 heteroatoms. The Labute approximate surface area is 175 Å². The van der Waals surface area contributed by atoms with E-state index in [2.05, 4.69) is 43.1 Å². The smallest absolute Gasteiger partial charge is 0.161 e. The number of aliphatic imine (C=N–C) groups is 1. The number of aromatic hydroxyl groups is 1. The fourth-order valence-corrected chi connectivity index (χ4v) is 4.38. The van der Waals surface area contributed by atoms with E-state index in [1.165, 1.54) is 0 Å². The van der Waals surface area contributed by atoms with Crippen LogP contribution in [0.3, 0.4) is 0 Å². The number of allylic oxidation sites excluding steroid dienone is 1. The van der Waals surface area contributed by atoms with Gasteiger partial charge in [-0.1, -0.05) is 42.5 Å². The Bertz CT molecular complexity index is 1360. The van der Waals surface area contributed by atoms with E-state index in [0.29, 0.717) is 5.75 Å². The van der Waals surface area contributed by atoms with E-state index in [9.17, 15) is 5.11 Å². The van der Waals surface area contributed by atoms with Crippen LogP contribution in [0.4, 0.5) is 5.69 Å². The summed E-state index contributed by atoms with van der Waals surface area (Å²) in [5, 5.41) is 11.3. The fraction of sp³-hybridized carbons (Fsp3) is 0.115. The van der Waals surface area contributed by atoms with Crippen LogP contribution in [0.15, 0.2) is 71.7 Å². The zero-order valence-corrected chi connectivity index (χ0v) is 17.2. The van der Waals surface area contributed by atoms with E-state index in [0.717, 1.165) is 55.8 Å². The van der Waals surface area contributed by atoms with Gasteiger partial charge in [-0.2, -0.15) is 0 Å². The average molecular weight is 394 g/mol. The topological polar surface area (TPSA) is 57.6 Å². The van der Waals surface area contributed by atoms with Crippen LogP contribution in [-0.4, -0.2) is 22.9 Å². The Morgan fingerprint density at radius 3 is 2.57 bits per heavy atom. The predicted octanol–water partition coefficient (Wildman–Crippen LogP) is 6.26. The lowest BCUT2D eigenvalue weighted by Gasteiger charge is -2.16. The molecule has 2 N–H and O–H groups in total. The molecule has 3 aromatic carbocycles. The van der Waals surface area contributed by atoms with E-state index in [1.54, 1.807) is 13.2 Å². The summed E-state index contributed by atoms with van der Waals surface area (Å²) in [6, 6.07) is 22.1. The number of hydrogen-bond acceptors (Lipinski definition) is 3. The summed E-state index contributed by atoms with van der Waals surface area (Å²) in [5.41, 5.74) is 9.53. The fourth-order valence-electron chi connectivity index (χ4n) is 4.38. The van der Waals surface area contributed by atoms with Crippen LogP contribution >= 0.6 is 0 Å². The van der Waals surface area contributed by atoms with Crippen molar-refractivity contribution >= 4 is 33.4 Å². The molecule has 0 bridgehead atoms. The van der Waals surface area contributed by atoms with Crippen molar-refractivity contribution in [2.75, 3.05) is 7.11 Å². The predicted molar refractivity (Wildman–Crippen MR) is 123 cm³/mol. The van der Waals surface area contributed by atoms with Gasteiger partial charge in [-0.3, -0.25) is 4.99 Å². The van der Waals surface area contributed by atoms with E-state index < -0.39 is 0 Å². The second-order valence-corrected chi connectivity index (χ2v) is 7.52. The average Bonchev–Trinajstić information content (AvgIpc) is 3.26. The quantitative estimate of drug-likeness (QED) is 0.431. The molecule has 0 radical (unpaired) electrons. The summed E-state index contributed by atoms with van der Waals surface area (Å²) in [6.07, 6.45) is 0. The van der Waals surface area contributed by atoms with Crippen LogP contribution in [0.2, 0.25) is 0 Å². The number of aryl methyl sites for hydroxylation is 1. The molecular weight excluding hydrogens is 372 g/mol. The number of fused-ring (bicyclic) bond motifs is 2. The maximum atomic E-state index is 10.2. The molecule has 1 aliphatic rings. The largest absolute Gasteiger partial charge is 0.504 e. The molecule has 0 spiro atoms. The van der Waals surface area contributed by atoms with Crippen molar-refractivity contribution in [2.24, 2.45) is 4.99 Å². The van der Waals surface area contributed by atoms with Crippen molar-refractivity contribution in [1.82, 2.24) is 4.98 Å². The molecule has 0 atom stereocenters. The first kappa shape index (κ1) is 18.3. The van der Waals surface area contributed by atoms with Crippen molar-refractivity contribution in [3.63, 3.8) is 0 Å². The van der Waals surface area contributed by atoms with Gasteiger partial charge in [0.2, 0.25) is 0 Å². The molecule has 5 rings (SSSR count). The third kappa shape index (κ3) is 2.72. The number of nitrogens with one attached hydrogen (secondary N) is 1. The monoisotopic (exact) mass is 394 g/mol. The molecule has 0 aliphatic carbocycles. The minimum atomic E-state index is 0.124. The Kier molecular flexibility index (Phi) is 4.21. The first-order valence-corrected chi connectivity index (χ1v) is 9.93. The van der Waals surface area contributed by atoms with Gasteiger partial charge < -0.3 is 14.8 Å². The summed E-state index contributed by atoms with van der Waals surface area (Å²) in [5.74, 6) is 0.572. The number of phenols is 1. The number of rotatable bonds is 3. The van der Waals surface area contributed by atoms with Crippen molar-refractivity contribution in [2.45, 2.75) is 13.8 Å². The van der Waals surface area contributed by atoms with Gasteiger partial charge in [0, 0.05) is 44.6 Å². The molecule has 148 valence electrons. The Balaban J connectivity index is 1.92. The molecule has 4 aromatic rings. The van der Waals surface area contributed by atoms with Crippen LogP contribution in [0, 0.1) is 6.92 Å². The molecule has 0 saturated heterocycles. The van der Waals surface area contributed by atoms with Crippen LogP contribution in [-0.2, 0) is 0 Å². The molecular formula is C26H22N2O2. The summed E-state index contributed by atoms with van der Waals surface area (Å²) >= 11 is 0. The third-order valence-electron chi connectivity index (χ3n) is 5.69. The highest BCUT2D eigenvalue weighted by Gasteiger charge is 2.26. The van der Waals surface area contributed by atoms with Crippen molar-refractivity contribution in [1.29, 1.82) is 0 Å². The number of phenolic OH excluding ortho intramolecular Hbond substituents is 1. The van der Waals surface area contributed by atoms with Crippen LogP contribution in [0.1, 0.15) is 29.3 Å². The van der Waals surface area contributed by atoms with Crippen LogP contribution in [0.25, 0.3) is 22.0 Å². The number of ether oxygens (including phenoxy) is 1. The second-order valence-electron chi connectivity index (χ2n) is 7.52. The van der Waals surface area contributed by atoms with Crippen LogP contribution in [0.5, 0.6) is 11.5 Å². The maximum Gasteiger partial charge on any atom is 0.161 e. The van der Waals surface area contributed by atoms with E-state index in [4.69, 9.17) is 9.73 Å². The summed E-state index contributed by atoms with van der Waals surface area (Å²) in [6.45, 7) is 4.15. The Hall–Kier alpha value is -3.79. The summed E-state index contributed by atoms with van der Waals surface area (Å²) in [4.78, 5) is 8.35. The van der Waals surface area contributed by atoms with Crippen molar-refractivity contribution in [3.8, 4) is 11.5 Å². The van der Waals surface area contributed by atoms with Gasteiger partial charge in [-0.25, -0.2) is 0 Å². The van der Waals surface area contributed by atoms with Gasteiger partial charge in [0.25, 0.3) is 0 Å². The zero-order chi connectivity index (χ0) is 20.8. The van der Waals surface area contributed by atoms with E-state index in [-0.39, 0.29) is 5.75 Å². The molecule has 0 unspecified atom stereocenters. The van der Waals surface area contributed by atoms with E-state index in [1.807, 2.05) is 36.4 Å². The van der Waals surface area contributed by atoms with Crippen molar-refractivity contribution < 1.29 is 9.84 Å². The number of nitrogens with zero attached hydrogens (tertiary/aromatic N) is 1. The number of aromatic nitrogens is 1. The highest BCUT2D eigenvalue weighted by atomic mass is 16.5. The van der Waals surface area contributed by atoms with Gasteiger partial charge in [-0.05, 0) is 43.7 Å². The van der Waals surface area contributed by atoms with Gasteiger partial charge in [0.1, 0.15) is 0 Å². The highest BCUT2D eigenvalue weighted by Crippen LogP contribution is 2.45. The summed E-state index contributed by atoms with van der Waals surface area (Å²) in [7, 11) is 1.57. The number of aromatic amines is 1. The van der Waals surface area contributed by atoms with E-state index >= 15 is 0 Å². The molecule has 1 aliphatic heterocycles. The van der Waals surface area contributed by atoms with Gasteiger partial charge in [0.15, 0.2) is 11.5 Å². The standard InChI is InChI=1S/C26H22N2O2/c1-15-24(18-8-4-6-10-20(18)27-15)26(17-12-13-22(29)23(14-17)30-3)25-16(2)28-21-11-7-5-9-19(21)25/h4-14,27,29H,1-3H3/b26-25+. The molecule has 30 heavy (non-hydrogen) atoms. The Morgan fingerprint density at radius 2 is 1.73 bits per heavy atom. The number of H-pyrrole nitrogens is 1. The molecule has 4 nitrogen and oxygen atoms in total. The minimum absolute atomic E-state index is 0.124. The second kappa shape index (κ2) is 6.92. The number of methoxy groups -OCH3 is 1. The molecule has 0 amide bonds. The highest BCUT2D eigenvalue weighted by molar-refractivity contribution is 6.36. The van der Waals surface area contributed by atoms with Gasteiger partial charge in [-0.15, -0.1) is 0 Å². The molecule has 0 fully saturated rings. The lowest BCUT2D eigenvalue weighted by molar-refractivity contribution is 0.373. The maximum absolute atomic E-state index is 10.2. The van der Waals surface area contributed by atoms with Gasteiger partial charge >= 0.3 is 0 Å². The lowest BCUT2D eigenvalue weighted by Crippen LogP contribution is -2.00. The normalized spacial score (nSPS) is 14.6. The third-order valence-corrected chi connectivity index (χ3v) is 5.69. The minimum Gasteiger partial charge on any atom is -0.504 e. The number of benzene rings is 3. The first-order chi connectivity index (χ1) is 14.6. The number of para-hydroxylation sites is 2.